The maximum Gasteiger partial charge on any atom is 0.105 e. The normalized spacial score (nSPS) is 16.1. The first kappa shape index (κ1) is 13.2. The molecule has 92 valence electrons. The van der Waals surface area contributed by atoms with Gasteiger partial charge in [0.25, 0.3) is 0 Å². The number of nitrogens with zero attached hydrogens (tertiary/aromatic N) is 2. The van der Waals surface area contributed by atoms with Crippen molar-refractivity contribution in [3.63, 3.8) is 0 Å². The Bertz CT molecular complexity index is 322. The van der Waals surface area contributed by atoms with Crippen LogP contribution in [0.2, 0.25) is 0 Å². The fourth-order valence-electron chi connectivity index (χ4n) is 1.73. The van der Waals surface area contributed by atoms with Gasteiger partial charge in [-0.2, -0.15) is 0 Å². The minimum absolute atomic E-state index is 0.192. The highest BCUT2D eigenvalue weighted by Gasteiger charge is 2.17. The molecule has 0 radical (unpaired) electrons. The summed E-state index contributed by atoms with van der Waals surface area (Å²) < 4.78 is 2.25. The second-order valence-electron chi connectivity index (χ2n) is 5.73. The quantitative estimate of drug-likeness (QED) is 0.850. The van der Waals surface area contributed by atoms with Gasteiger partial charge in [0.2, 0.25) is 0 Å². The molecule has 0 aliphatic carbocycles. The first-order valence-electron chi connectivity index (χ1n) is 6.05. The zero-order chi connectivity index (χ0) is 12.3. The van der Waals surface area contributed by atoms with Crippen LogP contribution in [0.25, 0.3) is 0 Å². The molecule has 1 aromatic heterocycles. The standard InChI is InChI=1S/C13H25N3/c1-10(9-15-13(4,5)6)11(2)16-8-7-14-12(16)3/h7-8,10-11,15H,9H2,1-6H3. The SMILES string of the molecule is Cc1nccn1C(C)C(C)CNC(C)(C)C. The molecule has 0 saturated carbocycles. The molecular formula is C13H25N3. The van der Waals surface area contributed by atoms with Crippen LogP contribution in [-0.4, -0.2) is 21.6 Å². The Morgan fingerprint density at radius 3 is 2.44 bits per heavy atom. The predicted octanol–water partition coefficient (Wildman–Crippen LogP) is 2.78. The van der Waals surface area contributed by atoms with Crippen LogP contribution < -0.4 is 5.32 Å². The molecule has 2 unspecified atom stereocenters. The summed E-state index contributed by atoms with van der Waals surface area (Å²) in [6.45, 7) is 14.2. The molecule has 0 saturated heterocycles. The van der Waals surface area contributed by atoms with Crippen molar-refractivity contribution >= 4 is 0 Å². The van der Waals surface area contributed by atoms with Crippen LogP contribution in [0.15, 0.2) is 12.4 Å². The average Bonchev–Trinajstić information content (AvgIpc) is 2.58. The van der Waals surface area contributed by atoms with Gasteiger partial charge in [0.15, 0.2) is 0 Å². The van der Waals surface area contributed by atoms with Crippen LogP contribution in [0.3, 0.4) is 0 Å². The minimum atomic E-state index is 0.192. The summed E-state index contributed by atoms with van der Waals surface area (Å²) in [6, 6.07) is 0.484. The van der Waals surface area contributed by atoms with Crippen molar-refractivity contribution in [3.05, 3.63) is 18.2 Å². The van der Waals surface area contributed by atoms with E-state index in [0.717, 1.165) is 12.4 Å². The van der Waals surface area contributed by atoms with Crippen LogP contribution in [0.4, 0.5) is 0 Å². The van der Waals surface area contributed by atoms with E-state index in [1.807, 2.05) is 6.20 Å². The summed E-state index contributed by atoms with van der Waals surface area (Å²) in [7, 11) is 0. The lowest BCUT2D eigenvalue weighted by Gasteiger charge is -2.27. The van der Waals surface area contributed by atoms with Gasteiger partial charge in [0.1, 0.15) is 5.82 Å². The molecule has 0 aliphatic heterocycles. The summed E-state index contributed by atoms with van der Waals surface area (Å²) in [5, 5.41) is 3.55. The molecule has 0 amide bonds. The molecule has 0 bridgehead atoms. The van der Waals surface area contributed by atoms with Gasteiger partial charge >= 0.3 is 0 Å². The van der Waals surface area contributed by atoms with E-state index < -0.39 is 0 Å². The molecule has 0 aromatic carbocycles. The van der Waals surface area contributed by atoms with Gasteiger partial charge in [-0.15, -0.1) is 0 Å². The summed E-state index contributed by atoms with van der Waals surface area (Å²) in [5.41, 5.74) is 0.192. The number of nitrogens with one attached hydrogen (secondary N) is 1. The zero-order valence-electron chi connectivity index (χ0n) is 11.4. The van der Waals surface area contributed by atoms with Gasteiger partial charge in [-0.1, -0.05) is 6.92 Å². The van der Waals surface area contributed by atoms with Crippen molar-refractivity contribution < 1.29 is 0 Å². The van der Waals surface area contributed by atoms with Crippen molar-refractivity contribution in [3.8, 4) is 0 Å². The first-order valence-corrected chi connectivity index (χ1v) is 6.05. The van der Waals surface area contributed by atoms with Crippen molar-refractivity contribution in [1.82, 2.24) is 14.9 Å². The number of hydrogen-bond donors (Lipinski definition) is 1. The number of imidazole rings is 1. The van der Waals surface area contributed by atoms with Gasteiger partial charge in [0.05, 0.1) is 0 Å². The monoisotopic (exact) mass is 223 g/mol. The van der Waals surface area contributed by atoms with Crippen LogP contribution in [-0.2, 0) is 0 Å². The Morgan fingerprint density at radius 1 is 1.38 bits per heavy atom. The van der Waals surface area contributed by atoms with E-state index in [4.69, 9.17) is 0 Å². The topological polar surface area (TPSA) is 29.9 Å². The second kappa shape index (κ2) is 5.00. The average molecular weight is 223 g/mol. The third-order valence-electron chi connectivity index (χ3n) is 3.08. The van der Waals surface area contributed by atoms with Crippen molar-refractivity contribution in [2.75, 3.05) is 6.54 Å². The summed E-state index contributed by atoms with van der Waals surface area (Å²) in [4.78, 5) is 4.27. The Hall–Kier alpha value is -0.830. The Kier molecular flexibility index (Phi) is 4.14. The van der Waals surface area contributed by atoms with Crippen LogP contribution in [0.5, 0.6) is 0 Å². The highest BCUT2D eigenvalue weighted by Crippen LogP contribution is 2.18. The highest BCUT2D eigenvalue weighted by molar-refractivity contribution is 4.92. The summed E-state index contributed by atoms with van der Waals surface area (Å²) in [5.74, 6) is 1.68. The highest BCUT2D eigenvalue weighted by atomic mass is 15.1. The Morgan fingerprint density at radius 2 is 2.00 bits per heavy atom. The van der Waals surface area contributed by atoms with Gasteiger partial charge < -0.3 is 9.88 Å². The molecule has 0 fully saturated rings. The third-order valence-corrected chi connectivity index (χ3v) is 3.08. The smallest absolute Gasteiger partial charge is 0.105 e. The van der Waals surface area contributed by atoms with E-state index in [-0.39, 0.29) is 5.54 Å². The summed E-state index contributed by atoms with van der Waals surface area (Å²) in [6.07, 6.45) is 3.93. The van der Waals surface area contributed by atoms with E-state index in [9.17, 15) is 0 Å². The summed E-state index contributed by atoms with van der Waals surface area (Å²) >= 11 is 0. The van der Waals surface area contributed by atoms with Crippen molar-refractivity contribution in [1.29, 1.82) is 0 Å². The lowest BCUT2D eigenvalue weighted by molar-refractivity contribution is 0.314. The lowest BCUT2D eigenvalue weighted by atomic mass is 10.0. The molecule has 1 aromatic rings. The van der Waals surface area contributed by atoms with Gasteiger partial charge in [-0.25, -0.2) is 4.98 Å². The third kappa shape index (κ3) is 3.63. The second-order valence-corrected chi connectivity index (χ2v) is 5.73. The molecule has 3 heteroatoms. The maximum atomic E-state index is 4.27. The van der Waals surface area contributed by atoms with E-state index in [1.54, 1.807) is 0 Å². The molecule has 1 rings (SSSR count). The molecule has 16 heavy (non-hydrogen) atoms. The number of rotatable bonds is 4. The van der Waals surface area contributed by atoms with Crippen LogP contribution >= 0.6 is 0 Å². The molecule has 1 N–H and O–H groups in total. The van der Waals surface area contributed by atoms with Crippen LogP contribution in [0.1, 0.15) is 46.5 Å². The number of aryl methyl sites for hydroxylation is 1. The molecule has 0 aliphatic rings. The van der Waals surface area contributed by atoms with E-state index in [2.05, 4.69) is 62.6 Å². The van der Waals surface area contributed by atoms with E-state index in [0.29, 0.717) is 12.0 Å². The molecule has 3 nitrogen and oxygen atoms in total. The Labute approximate surface area is 99.3 Å². The van der Waals surface area contributed by atoms with Crippen LogP contribution in [0, 0.1) is 12.8 Å². The number of aromatic nitrogens is 2. The van der Waals surface area contributed by atoms with E-state index >= 15 is 0 Å². The fraction of sp³-hybridized carbons (Fsp3) is 0.769. The molecule has 2 atom stereocenters. The molecule has 1 heterocycles. The van der Waals surface area contributed by atoms with Crippen molar-refractivity contribution in [2.24, 2.45) is 5.92 Å². The fourth-order valence-corrected chi connectivity index (χ4v) is 1.73. The number of hydrogen-bond acceptors (Lipinski definition) is 2. The zero-order valence-corrected chi connectivity index (χ0v) is 11.4. The maximum absolute atomic E-state index is 4.27. The Balaban J connectivity index is 2.55. The molecule has 0 spiro atoms. The van der Waals surface area contributed by atoms with Gasteiger partial charge in [-0.3, -0.25) is 0 Å². The lowest BCUT2D eigenvalue weighted by Crippen LogP contribution is -2.40. The first-order chi connectivity index (χ1) is 7.31. The molecular weight excluding hydrogens is 198 g/mol. The van der Waals surface area contributed by atoms with Crippen molar-refractivity contribution in [2.45, 2.75) is 53.1 Å². The largest absolute Gasteiger partial charge is 0.332 e. The predicted molar refractivity (Wildman–Crippen MR) is 68.6 cm³/mol. The minimum Gasteiger partial charge on any atom is -0.332 e. The van der Waals surface area contributed by atoms with E-state index in [1.165, 1.54) is 0 Å². The van der Waals surface area contributed by atoms with Gasteiger partial charge in [-0.05, 0) is 40.5 Å². The van der Waals surface area contributed by atoms with Gasteiger partial charge in [0, 0.05) is 30.5 Å².